The summed E-state index contributed by atoms with van der Waals surface area (Å²) in [6.45, 7) is 5.33. The molecule has 0 fully saturated rings. The predicted molar refractivity (Wildman–Crippen MR) is 72.0 cm³/mol. The van der Waals surface area contributed by atoms with Gasteiger partial charge in [-0.15, -0.1) is 0 Å². The predicted octanol–water partition coefficient (Wildman–Crippen LogP) is 2.33. The van der Waals surface area contributed by atoms with Crippen LogP contribution in [0.2, 0.25) is 5.28 Å². The number of hydrogen-bond donors (Lipinski definition) is 1. The number of halogens is 1. The molecule has 0 spiro atoms. The highest BCUT2D eigenvalue weighted by atomic mass is 35.5. The highest BCUT2D eigenvalue weighted by molar-refractivity contribution is 7.98. The largest absolute Gasteiger partial charge is 0.464 e. The van der Waals surface area contributed by atoms with E-state index in [1.807, 2.05) is 18.7 Å². The van der Waals surface area contributed by atoms with Crippen molar-refractivity contribution in [2.75, 3.05) is 30.5 Å². The maximum Gasteiger partial charge on any atom is 0.322 e. The van der Waals surface area contributed by atoms with Crippen molar-refractivity contribution >= 4 is 29.3 Å². The van der Waals surface area contributed by atoms with Gasteiger partial charge in [0, 0.05) is 6.54 Å². The fourth-order valence-electron chi connectivity index (χ4n) is 1.21. The van der Waals surface area contributed by atoms with E-state index in [4.69, 9.17) is 16.3 Å². The summed E-state index contributed by atoms with van der Waals surface area (Å²) in [6, 6.07) is 0.257. The molecule has 0 aliphatic heterocycles. The van der Waals surface area contributed by atoms with Crippen LogP contribution < -0.4 is 10.1 Å². The summed E-state index contributed by atoms with van der Waals surface area (Å²) in [5.41, 5.74) is 0. The Labute approximate surface area is 111 Å². The molecule has 0 amide bonds. The Bertz CT molecular complexity index is 353. The lowest BCUT2D eigenvalue weighted by Gasteiger charge is -2.11. The van der Waals surface area contributed by atoms with E-state index in [1.54, 1.807) is 0 Å². The first kappa shape index (κ1) is 14.3. The number of ether oxygens (including phenoxy) is 1. The lowest BCUT2D eigenvalue weighted by Crippen LogP contribution is -2.15. The van der Waals surface area contributed by atoms with Crippen LogP contribution in [0.25, 0.3) is 0 Å². The van der Waals surface area contributed by atoms with Gasteiger partial charge in [0.15, 0.2) is 0 Å². The summed E-state index contributed by atoms with van der Waals surface area (Å²) in [5, 5.41) is 3.27. The molecule has 1 rings (SSSR count). The van der Waals surface area contributed by atoms with Crippen molar-refractivity contribution in [1.82, 2.24) is 15.0 Å². The molecule has 7 heteroatoms. The van der Waals surface area contributed by atoms with Gasteiger partial charge < -0.3 is 10.1 Å². The average molecular weight is 277 g/mol. The molecule has 1 unspecified atom stereocenters. The third kappa shape index (κ3) is 5.41. The summed E-state index contributed by atoms with van der Waals surface area (Å²) >= 11 is 7.59. The van der Waals surface area contributed by atoms with Gasteiger partial charge >= 0.3 is 6.01 Å². The summed E-state index contributed by atoms with van der Waals surface area (Å²) in [6.07, 6.45) is 2.09. The van der Waals surface area contributed by atoms with E-state index in [9.17, 15) is 0 Å². The smallest absolute Gasteiger partial charge is 0.322 e. The monoisotopic (exact) mass is 276 g/mol. The highest BCUT2D eigenvalue weighted by Crippen LogP contribution is 2.12. The van der Waals surface area contributed by atoms with Crippen LogP contribution in [0.15, 0.2) is 0 Å². The first-order valence-electron chi connectivity index (χ1n) is 5.42. The number of thioether (sulfide) groups is 1. The second-order valence-electron chi connectivity index (χ2n) is 3.59. The van der Waals surface area contributed by atoms with Crippen LogP contribution in [-0.2, 0) is 0 Å². The molecule has 1 N–H and O–H groups in total. The van der Waals surface area contributed by atoms with Crippen molar-refractivity contribution < 1.29 is 4.74 Å². The molecule has 0 aliphatic rings. The number of hydrogen-bond acceptors (Lipinski definition) is 6. The normalized spacial score (nSPS) is 12.2. The molecule has 5 nitrogen and oxygen atoms in total. The molecule has 1 heterocycles. The van der Waals surface area contributed by atoms with Crippen molar-refractivity contribution in [3.05, 3.63) is 5.28 Å². The van der Waals surface area contributed by atoms with E-state index in [-0.39, 0.29) is 11.3 Å². The van der Waals surface area contributed by atoms with E-state index in [0.717, 1.165) is 12.3 Å². The molecule has 17 heavy (non-hydrogen) atoms. The number of rotatable bonds is 7. The van der Waals surface area contributed by atoms with E-state index in [1.165, 1.54) is 0 Å². The Morgan fingerprint density at radius 3 is 2.82 bits per heavy atom. The SMILES string of the molecule is CCOc1nc(Cl)nc(NCC(C)CSC)n1. The van der Waals surface area contributed by atoms with Gasteiger partial charge in [0.2, 0.25) is 11.2 Å². The van der Waals surface area contributed by atoms with Crippen LogP contribution in [0.1, 0.15) is 13.8 Å². The van der Waals surface area contributed by atoms with E-state index in [2.05, 4.69) is 33.4 Å². The second-order valence-corrected chi connectivity index (χ2v) is 4.83. The lowest BCUT2D eigenvalue weighted by atomic mass is 10.2. The van der Waals surface area contributed by atoms with Crippen LogP contribution in [0, 0.1) is 5.92 Å². The molecular weight excluding hydrogens is 260 g/mol. The first-order valence-corrected chi connectivity index (χ1v) is 7.20. The molecule has 0 aliphatic carbocycles. The Morgan fingerprint density at radius 2 is 2.18 bits per heavy atom. The number of aromatic nitrogens is 3. The standard InChI is InChI=1S/C10H17ClN4OS/c1-4-16-10-14-8(11)13-9(15-10)12-5-7(2)6-17-3/h7H,4-6H2,1-3H3,(H,12,13,14,15). The van der Waals surface area contributed by atoms with Crippen LogP contribution in [-0.4, -0.2) is 40.1 Å². The van der Waals surface area contributed by atoms with Gasteiger partial charge in [-0.2, -0.15) is 26.7 Å². The van der Waals surface area contributed by atoms with E-state index in [0.29, 0.717) is 18.5 Å². The molecule has 0 saturated carbocycles. The number of nitrogens with zero attached hydrogens (tertiary/aromatic N) is 3. The number of nitrogens with one attached hydrogen (secondary N) is 1. The summed E-state index contributed by atoms with van der Waals surface area (Å²) in [4.78, 5) is 12.0. The quantitative estimate of drug-likeness (QED) is 0.825. The Hall–Kier alpha value is -0.750. The van der Waals surface area contributed by atoms with Crippen molar-refractivity contribution in [3.8, 4) is 6.01 Å². The molecule has 0 radical (unpaired) electrons. The minimum absolute atomic E-state index is 0.142. The summed E-state index contributed by atoms with van der Waals surface area (Å²) in [7, 11) is 0. The van der Waals surface area contributed by atoms with Crippen molar-refractivity contribution in [3.63, 3.8) is 0 Å². The lowest BCUT2D eigenvalue weighted by molar-refractivity contribution is 0.312. The zero-order valence-electron chi connectivity index (χ0n) is 10.2. The minimum atomic E-state index is 0.142. The van der Waals surface area contributed by atoms with Gasteiger partial charge in [-0.1, -0.05) is 6.92 Å². The maximum absolute atomic E-state index is 5.78. The second kappa shape index (κ2) is 7.55. The minimum Gasteiger partial charge on any atom is -0.464 e. The van der Waals surface area contributed by atoms with Crippen LogP contribution in [0.5, 0.6) is 6.01 Å². The van der Waals surface area contributed by atoms with Crippen molar-refractivity contribution in [2.45, 2.75) is 13.8 Å². The van der Waals surface area contributed by atoms with Crippen molar-refractivity contribution in [2.24, 2.45) is 5.92 Å². The maximum atomic E-state index is 5.78. The molecule has 0 saturated heterocycles. The zero-order chi connectivity index (χ0) is 12.7. The molecule has 1 atom stereocenters. The fourth-order valence-corrected chi connectivity index (χ4v) is 2.05. The third-order valence-electron chi connectivity index (χ3n) is 1.92. The van der Waals surface area contributed by atoms with Gasteiger partial charge in [-0.3, -0.25) is 0 Å². The summed E-state index contributed by atoms with van der Waals surface area (Å²) < 4.78 is 5.19. The Balaban J connectivity index is 2.57. The van der Waals surface area contributed by atoms with Gasteiger partial charge in [0.05, 0.1) is 6.61 Å². The molecule has 1 aromatic rings. The van der Waals surface area contributed by atoms with E-state index < -0.39 is 0 Å². The van der Waals surface area contributed by atoms with Gasteiger partial charge in [-0.25, -0.2) is 0 Å². The van der Waals surface area contributed by atoms with Crippen LogP contribution in [0.4, 0.5) is 5.95 Å². The Morgan fingerprint density at radius 1 is 1.41 bits per heavy atom. The highest BCUT2D eigenvalue weighted by Gasteiger charge is 2.07. The number of anilines is 1. The molecular formula is C10H17ClN4OS. The first-order chi connectivity index (χ1) is 8.15. The third-order valence-corrected chi connectivity index (χ3v) is 2.99. The molecule has 0 bridgehead atoms. The van der Waals surface area contributed by atoms with Gasteiger partial charge in [0.25, 0.3) is 0 Å². The van der Waals surface area contributed by atoms with Crippen LogP contribution >= 0.6 is 23.4 Å². The summed E-state index contributed by atoms with van der Waals surface area (Å²) in [5.74, 6) is 2.09. The molecule has 0 aromatic carbocycles. The van der Waals surface area contributed by atoms with Gasteiger partial charge in [-0.05, 0) is 36.5 Å². The molecule has 96 valence electrons. The van der Waals surface area contributed by atoms with Crippen molar-refractivity contribution in [1.29, 1.82) is 0 Å². The Kier molecular flexibility index (Phi) is 6.36. The fraction of sp³-hybridized carbons (Fsp3) is 0.700. The average Bonchev–Trinajstić information content (AvgIpc) is 2.26. The van der Waals surface area contributed by atoms with Crippen LogP contribution in [0.3, 0.4) is 0 Å². The molecule has 1 aromatic heterocycles. The topological polar surface area (TPSA) is 59.9 Å². The zero-order valence-corrected chi connectivity index (χ0v) is 11.8. The van der Waals surface area contributed by atoms with E-state index >= 15 is 0 Å². The van der Waals surface area contributed by atoms with Gasteiger partial charge in [0.1, 0.15) is 0 Å².